The Kier molecular flexibility index (Phi) is 8.19. The molecule has 1 heterocycles. The molecule has 7 nitrogen and oxygen atoms in total. The van der Waals surface area contributed by atoms with Crippen LogP contribution in [0.3, 0.4) is 0 Å². The van der Waals surface area contributed by atoms with E-state index in [0.29, 0.717) is 6.42 Å². The van der Waals surface area contributed by atoms with E-state index in [0.717, 1.165) is 0 Å². The van der Waals surface area contributed by atoms with Crippen LogP contribution in [0.25, 0.3) is 0 Å². The highest BCUT2D eigenvalue weighted by atomic mass is 16.6. The van der Waals surface area contributed by atoms with Gasteiger partial charge in [0.15, 0.2) is 6.10 Å². The van der Waals surface area contributed by atoms with Gasteiger partial charge in [0.1, 0.15) is 14.0 Å². The van der Waals surface area contributed by atoms with Crippen LogP contribution in [-0.2, 0) is 28.5 Å². The zero-order chi connectivity index (χ0) is 18.3. The summed E-state index contributed by atoms with van der Waals surface area (Å²) in [7, 11) is 9.10. The summed E-state index contributed by atoms with van der Waals surface area (Å²) in [5.74, 6) is -0.688. The van der Waals surface area contributed by atoms with Gasteiger partial charge in [-0.15, -0.1) is 0 Å². The van der Waals surface area contributed by atoms with Crippen molar-refractivity contribution >= 4 is 19.7 Å². The van der Waals surface area contributed by atoms with E-state index in [9.17, 15) is 9.59 Å². The summed E-state index contributed by atoms with van der Waals surface area (Å²) in [5.41, 5.74) is -0.488. The van der Waals surface area contributed by atoms with Crippen LogP contribution >= 0.6 is 0 Å². The van der Waals surface area contributed by atoms with Crippen LogP contribution in [0.15, 0.2) is 0 Å². The van der Waals surface area contributed by atoms with Gasteiger partial charge in [0.2, 0.25) is 5.91 Å². The van der Waals surface area contributed by atoms with E-state index in [1.54, 1.807) is 7.11 Å². The molecule has 1 N–H and O–H groups in total. The molecule has 2 radical (unpaired) electrons. The van der Waals surface area contributed by atoms with Crippen LogP contribution in [0.5, 0.6) is 0 Å². The highest BCUT2D eigenvalue weighted by Gasteiger charge is 2.45. The van der Waals surface area contributed by atoms with Crippen molar-refractivity contribution in [3.63, 3.8) is 0 Å². The summed E-state index contributed by atoms with van der Waals surface area (Å²) in [6.45, 7) is 5.98. The van der Waals surface area contributed by atoms with Gasteiger partial charge in [-0.3, -0.25) is 9.59 Å². The third-order valence-corrected chi connectivity index (χ3v) is 4.03. The Morgan fingerprint density at radius 1 is 1.25 bits per heavy atom. The van der Waals surface area contributed by atoms with E-state index < -0.39 is 29.8 Å². The molecule has 1 unspecified atom stereocenters. The number of carbonyl (C=O) groups is 2. The summed E-state index contributed by atoms with van der Waals surface area (Å²) in [6, 6.07) is -0.681. The van der Waals surface area contributed by atoms with Gasteiger partial charge in [-0.05, 0) is 20.3 Å². The van der Waals surface area contributed by atoms with Crippen LogP contribution in [0.2, 0.25) is 0 Å². The molecule has 1 saturated heterocycles. The fourth-order valence-corrected chi connectivity index (χ4v) is 2.32. The molecule has 0 saturated carbocycles. The normalized spacial score (nSPS) is 27.0. The van der Waals surface area contributed by atoms with Crippen molar-refractivity contribution in [2.24, 2.45) is 0 Å². The van der Waals surface area contributed by atoms with Crippen molar-refractivity contribution in [2.75, 3.05) is 20.8 Å². The summed E-state index contributed by atoms with van der Waals surface area (Å²) >= 11 is 0. The molecule has 1 aliphatic heterocycles. The van der Waals surface area contributed by atoms with Crippen molar-refractivity contribution in [2.45, 2.75) is 69.9 Å². The number of rotatable bonds is 9. The van der Waals surface area contributed by atoms with Crippen molar-refractivity contribution in [3.8, 4) is 0 Å². The summed E-state index contributed by atoms with van der Waals surface area (Å²) in [6.07, 6.45) is -0.802. The predicted octanol–water partition coefficient (Wildman–Crippen LogP) is 0.538. The van der Waals surface area contributed by atoms with E-state index in [1.807, 2.05) is 20.8 Å². The minimum Gasteiger partial charge on any atom is -0.457 e. The molecular formula is C16H28BNO6. The fraction of sp³-hybridized carbons (Fsp3) is 0.875. The SMILES string of the molecule is [B][C@@H]1O[C@H](CC)C(OC(=O)CCC(=O)NC)[C@@H]1OCC(C)(C)OC. The van der Waals surface area contributed by atoms with Gasteiger partial charge in [0.25, 0.3) is 0 Å². The van der Waals surface area contributed by atoms with E-state index in [4.69, 9.17) is 26.8 Å². The van der Waals surface area contributed by atoms with Gasteiger partial charge in [-0.1, -0.05) is 6.92 Å². The standard InChI is InChI=1S/C16H28BNO6/c1-6-10-13(24-12(20)8-7-11(19)18-4)14(15(17)23-10)22-9-16(2,3)21-5/h10,13-15H,6-9H2,1-5H3,(H,18,19)/t10-,13?,14+,15-/m1/s1. The molecule has 8 heteroatoms. The van der Waals surface area contributed by atoms with E-state index >= 15 is 0 Å². The quantitative estimate of drug-likeness (QED) is 0.487. The second kappa shape index (κ2) is 9.39. The van der Waals surface area contributed by atoms with Gasteiger partial charge in [-0.2, -0.15) is 0 Å². The zero-order valence-electron chi connectivity index (χ0n) is 15.2. The number of amides is 1. The molecule has 1 rings (SSSR count). The number of methoxy groups -OCH3 is 1. The Labute approximate surface area is 145 Å². The second-order valence-corrected chi connectivity index (χ2v) is 6.41. The monoisotopic (exact) mass is 341 g/mol. The van der Waals surface area contributed by atoms with Crippen LogP contribution in [-0.4, -0.2) is 70.4 Å². The van der Waals surface area contributed by atoms with E-state index in [1.165, 1.54) is 7.05 Å². The molecule has 0 aromatic carbocycles. The van der Waals surface area contributed by atoms with Gasteiger partial charge in [0.05, 0.1) is 24.7 Å². The summed E-state index contributed by atoms with van der Waals surface area (Å²) in [5, 5.41) is 2.46. The molecule has 0 aromatic rings. The molecule has 4 atom stereocenters. The van der Waals surface area contributed by atoms with Gasteiger partial charge >= 0.3 is 5.97 Å². The molecular weight excluding hydrogens is 313 g/mol. The van der Waals surface area contributed by atoms with Crippen molar-refractivity contribution in [1.82, 2.24) is 5.32 Å². The molecule has 0 bridgehead atoms. The molecule has 0 aromatic heterocycles. The maximum Gasteiger partial charge on any atom is 0.306 e. The Morgan fingerprint density at radius 3 is 2.46 bits per heavy atom. The van der Waals surface area contributed by atoms with E-state index in [2.05, 4.69) is 5.32 Å². The third-order valence-electron chi connectivity index (χ3n) is 4.03. The Morgan fingerprint density at radius 2 is 1.92 bits per heavy atom. The first kappa shape index (κ1) is 20.9. The molecule has 1 aliphatic rings. The highest BCUT2D eigenvalue weighted by molar-refractivity contribution is 6.11. The lowest BCUT2D eigenvalue weighted by Gasteiger charge is -2.28. The first-order valence-corrected chi connectivity index (χ1v) is 8.22. The van der Waals surface area contributed by atoms with Crippen molar-refractivity contribution < 1.29 is 28.5 Å². The Balaban J connectivity index is 2.66. The lowest BCUT2D eigenvalue weighted by molar-refractivity contribution is -0.161. The largest absolute Gasteiger partial charge is 0.457 e. The van der Waals surface area contributed by atoms with Crippen molar-refractivity contribution in [1.29, 1.82) is 0 Å². The minimum atomic E-state index is -0.681. The number of carbonyl (C=O) groups excluding carboxylic acids is 2. The molecule has 24 heavy (non-hydrogen) atoms. The first-order chi connectivity index (χ1) is 11.2. The van der Waals surface area contributed by atoms with Crippen LogP contribution in [0.1, 0.15) is 40.0 Å². The van der Waals surface area contributed by atoms with Gasteiger partial charge in [0, 0.05) is 26.6 Å². The number of hydrogen-bond acceptors (Lipinski definition) is 6. The molecule has 0 spiro atoms. The molecule has 0 aliphatic carbocycles. The molecule has 136 valence electrons. The average Bonchev–Trinajstić information content (AvgIpc) is 2.85. The summed E-state index contributed by atoms with van der Waals surface area (Å²) < 4.78 is 22.3. The smallest absolute Gasteiger partial charge is 0.306 e. The van der Waals surface area contributed by atoms with Crippen LogP contribution in [0, 0.1) is 0 Å². The maximum atomic E-state index is 12.0. The third kappa shape index (κ3) is 6.07. The van der Waals surface area contributed by atoms with E-state index in [-0.39, 0.29) is 31.5 Å². The van der Waals surface area contributed by atoms with Crippen LogP contribution < -0.4 is 5.32 Å². The topological polar surface area (TPSA) is 83.1 Å². The predicted molar refractivity (Wildman–Crippen MR) is 88.7 cm³/mol. The number of nitrogens with one attached hydrogen (secondary N) is 1. The molecule has 1 amide bonds. The number of ether oxygens (including phenoxy) is 4. The maximum absolute atomic E-state index is 12.0. The molecule has 1 fully saturated rings. The summed E-state index contributed by atoms with van der Waals surface area (Å²) in [4.78, 5) is 23.2. The number of esters is 1. The Bertz CT molecular complexity index is 431. The minimum absolute atomic E-state index is 0.00186. The zero-order valence-corrected chi connectivity index (χ0v) is 15.2. The Hall–Kier alpha value is -1.12. The lowest BCUT2D eigenvalue weighted by atomic mass is 9.92. The first-order valence-electron chi connectivity index (χ1n) is 8.22. The lowest BCUT2D eigenvalue weighted by Crippen LogP contribution is -2.42. The fourth-order valence-electron chi connectivity index (χ4n) is 2.32. The van der Waals surface area contributed by atoms with Crippen LogP contribution in [0.4, 0.5) is 0 Å². The average molecular weight is 341 g/mol. The van der Waals surface area contributed by atoms with Gasteiger partial charge in [-0.25, -0.2) is 0 Å². The highest BCUT2D eigenvalue weighted by Crippen LogP contribution is 2.28. The van der Waals surface area contributed by atoms with Gasteiger partial charge < -0.3 is 24.3 Å². The second-order valence-electron chi connectivity index (χ2n) is 6.41. The number of hydrogen-bond donors (Lipinski definition) is 1. The van der Waals surface area contributed by atoms with Crippen molar-refractivity contribution in [3.05, 3.63) is 0 Å².